The number of amides is 2. The van der Waals surface area contributed by atoms with Crippen LogP contribution >= 0.6 is 0 Å². The van der Waals surface area contributed by atoms with Crippen LogP contribution in [0, 0.1) is 5.82 Å². The summed E-state index contributed by atoms with van der Waals surface area (Å²) in [5, 5.41) is 0. The number of aromatic amines is 1. The number of rotatable bonds is 2. The van der Waals surface area contributed by atoms with E-state index >= 15 is 0 Å². The SMILES string of the molecule is CC(=O)N1CCC[C@@H]1c1nc2c(c(=O)[nH]1)CCN(C(=O)c1ccc(F)cc1)C2. The molecule has 28 heavy (non-hydrogen) atoms. The third-order valence-electron chi connectivity index (χ3n) is 5.44. The summed E-state index contributed by atoms with van der Waals surface area (Å²) in [6.07, 6.45) is 2.02. The quantitative estimate of drug-likeness (QED) is 0.855. The van der Waals surface area contributed by atoms with Crippen molar-refractivity contribution in [3.63, 3.8) is 0 Å². The highest BCUT2D eigenvalue weighted by Crippen LogP contribution is 2.30. The molecule has 3 heterocycles. The number of H-pyrrole nitrogens is 1. The average Bonchev–Trinajstić information content (AvgIpc) is 3.18. The Kier molecular flexibility index (Phi) is 4.70. The van der Waals surface area contributed by atoms with E-state index in [0.717, 1.165) is 12.8 Å². The van der Waals surface area contributed by atoms with Crippen LogP contribution in [0.2, 0.25) is 0 Å². The molecule has 1 saturated heterocycles. The number of aromatic nitrogens is 2. The number of nitrogens with zero attached hydrogens (tertiary/aromatic N) is 3. The van der Waals surface area contributed by atoms with Gasteiger partial charge in [-0.05, 0) is 43.5 Å². The monoisotopic (exact) mass is 384 g/mol. The lowest BCUT2D eigenvalue weighted by atomic mass is 10.0. The van der Waals surface area contributed by atoms with E-state index in [4.69, 9.17) is 0 Å². The molecule has 1 N–H and O–H groups in total. The Hall–Kier alpha value is -3.03. The van der Waals surface area contributed by atoms with Crippen LogP contribution in [-0.2, 0) is 17.8 Å². The smallest absolute Gasteiger partial charge is 0.254 e. The molecule has 2 aliphatic rings. The van der Waals surface area contributed by atoms with Gasteiger partial charge in [-0.1, -0.05) is 0 Å². The van der Waals surface area contributed by atoms with Crippen molar-refractivity contribution in [2.75, 3.05) is 13.1 Å². The molecule has 0 saturated carbocycles. The Morgan fingerprint density at radius 3 is 2.68 bits per heavy atom. The molecular formula is C20H21FN4O3. The molecule has 1 aromatic carbocycles. The molecule has 0 radical (unpaired) electrons. The third-order valence-corrected chi connectivity index (χ3v) is 5.44. The number of nitrogens with one attached hydrogen (secondary N) is 1. The van der Waals surface area contributed by atoms with Crippen LogP contribution in [0.25, 0.3) is 0 Å². The minimum atomic E-state index is -0.398. The maximum absolute atomic E-state index is 13.1. The Balaban J connectivity index is 1.61. The zero-order chi connectivity index (χ0) is 19.8. The van der Waals surface area contributed by atoms with E-state index in [0.29, 0.717) is 42.2 Å². The third kappa shape index (κ3) is 3.30. The zero-order valence-corrected chi connectivity index (χ0v) is 15.6. The van der Waals surface area contributed by atoms with E-state index in [1.165, 1.54) is 31.2 Å². The van der Waals surface area contributed by atoms with Crippen LogP contribution in [0.4, 0.5) is 4.39 Å². The van der Waals surface area contributed by atoms with Crippen molar-refractivity contribution < 1.29 is 14.0 Å². The first-order chi connectivity index (χ1) is 13.4. The van der Waals surface area contributed by atoms with Crippen LogP contribution < -0.4 is 5.56 Å². The number of hydrogen-bond acceptors (Lipinski definition) is 4. The minimum Gasteiger partial charge on any atom is -0.333 e. The number of likely N-dealkylation sites (tertiary alicyclic amines) is 1. The molecule has 1 aromatic heterocycles. The van der Waals surface area contributed by atoms with Crippen LogP contribution in [0.1, 0.15) is 53.2 Å². The number of carbonyl (C=O) groups is 2. The van der Waals surface area contributed by atoms with E-state index in [1.54, 1.807) is 9.80 Å². The van der Waals surface area contributed by atoms with Crippen molar-refractivity contribution in [2.24, 2.45) is 0 Å². The molecule has 8 heteroatoms. The first kappa shape index (κ1) is 18.3. The second-order valence-corrected chi connectivity index (χ2v) is 7.23. The van der Waals surface area contributed by atoms with Crippen molar-refractivity contribution >= 4 is 11.8 Å². The minimum absolute atomic E-state index is 0.0454. The molecule has 2 aromatic rings. The normalized spacial score (nSPS) is 18.9. The number of fused-ring (bicyclic) bond motifs is 1. The Bertz CT molecular complexity index is 986. The predicted molar refractivity (Wildman–Crippen MR) is 99.1 cm³/mol. The van der Waals surface area contributed by atoms with Crippen LogP contribution in [0.3, 0.4) is 0 Å². The molecule has 2 aliphatic heterocycles. The summed E-state index contributed by atoms with van der Waals surface area (Å²) < 4.78 is 13.1. The summed E-state index contributed by atoms with van der Waals surface area (Å²) in [5.74, 6) is -0.186. The maximum atomic E-state index is 13.1. The van der Waals surface area contributed by atoms with Crippen molar-refractivity contribution in [2.45, 2.75) is 38.8 Å². The highest BCUT2D eigenvalue weighted by molar-refractivity contribution is 5.94. The van der Waals surface area contributed by atoms with E-state index < -0.39 is 5.82 Å². The van der Waals surface area contributed by atoms with Crippen molar-refractivity contribution in [3.05, 3.63) is 63.1 Å². The van der Waals surface area contributed by atoms with Gasteiger partial charge in [0.05, 0.1) is 18.3 Å². The van der Waals surface area contributed by atoms with Crippen LogP contribution in [0.5, 0.6) is 0 Å². The summed E-state index contributed by atoms with van der Waals surface area (Å²) in [5.41, 5.74) is 1.34. The maximum Gasteiger partial charge on any atom is 0.254 e. The molecule has 0 spiro atoms. The molecule has 1 atom stereocenters. The summed E-state index contributed by atoms with van der Waals surface area (Å²) in [7, 11) is 0. The molecule has 0 aliphatic carbocycles. The van der Waals surface area contributed by atoms with Crippen LogP contribution in [0.15, 0.2) is 29.1 Å². The van der Waals surface area contributed by atoms with Gasteiger partial charge >= 0.3 is 0 Å². The number of halogens is 1. The lowest BCUT2D eigenvalue weighted by molar-refractivity contribution is -0.129. The average molecular weight is 384 g/mol. The van der Waals surface area contributed by atoms with Gasteiger partial charge in [-0.2, -0.15) is 0 Å². The summed E-state index contributed by atoms with van der Waals surface area (Å²) in [6.45, 7) is 2.78. The predicted octanol–water partition coefficient (Wildman–Crippen LogP) is 1.79. The fraction of sp³-hybridized carbons (Fsp3) is 0.400. The van der Waals surface area contributed by atoms with E-state index in [1.807, 2.05) is 0 Å². The Morgan fingerprint density at radius 2 is 1.96 bits per heavy atom. The lowest BCUT2D eigenvalue weighted by Gasteiger charge is -2.29. The van der Waals surface area contributed by atoms with Gasteiger partial charge < -0.3 is 14.8 Å². The molecule has 0 unspecified atom stereocenters. The highest BCUT2D eigenvalue weighted by atomic mass is 19.1. The largest absolute Gasteiger partial charge is 0.333 e. The molecule has 1 fully saturated rings. The van der Waals surface area contributed by atoms with Gasteiger partial charge in [0.2, 0.25) is 5.91 Å². The summed E-state index contributed by atoms with van der Waals surface area (Å²) >= 11 is 0. The van der Waals surface area contributed by atoms with E-state index in [2.05, 4.69) is 9.97 Å². The van der Waals surface area contributed by atoms with Gasteiger partial charge in [-0.25, -0.2) is 9.37 Å². The van der Waals surface area contributed by atoms with E-state index in [-0.39, 0.29) is 30.0 Å². The van der Waals surface area contributed by atoms with Crippen molar-refractivity contribution in [3.8, 4) is 0 Å². The molecule has 4 rings (SSSR count). The van der Waals surface area contributed by atoms with Crippen molar-refractivity contribution in [1.82, 2.24) is 19.8 Å². The van der Waals surface area contributed by atoms with Crippen LogP contribution in [-0.4, -0.2) is 44.7 Å². The standard InChI is InChI=1S/C20H21FN4O3/c1-12(26)25-9-2-3-17(25)18-22-16-11-24(10-8-15(16)19(27)23-18)20(28)13-4-6-14(21)7-5-13/h4-7,17H,2-3,8-11H2,1H3,(H,22,23,27)/t17-/m1/s1. The highest BCUT2D eigenvalue weighted by Gasteiger charge is 2.32. The fourth-order valence-corrected chi connectivity index (χ4v) is 3.99. The van der Waals surface area contributed by atoms with Gasteiger partial charge in [0, 0.05) is 31.1 Å². The molecule has 2 amide bonds. The summed E-state index contributed by atoms with van der Waals surface area (Å²) in [6, 6.07) is 5.17. The Morgan fingerprint density at radius 1 is 1.21 bits per heavy atom. The lowest BCUT2D eigenvalue weighted by Crippen LogP contribution is -2.40. The topological polar surface area (TPSA) is 86.4 Å². The second-order valence-electron chi connectivity index (χ2n) is 7.23. The number of benzene rings is 1. The van der Waals surface area contributed by atoms with Gasteiger partial charge in [0.1, 0.15) is 11.6 Å². The first-order valence-corrected chi connectivity index (χ1v) is 9.38. The second kappa shape index (κ2) is 7.18. The first-order valence-electron chi connectivity index (χ1n) is 9.38. The molecule has 146 valence electrons. The number of hydrogen-bond donors (Lipinski definition) is 1. The van der Waals surface area contributed by atoms with Gasteiger partial charge in [-0.3, -0.25) is 14.4 Å². The summed E-state index contributed by atoms with van der Waals surface area (Å²) in [4.78, 5) is 47.9. The number of carbonyl (C=O) groups excluding carboxylic acids is 2. The zero-order valence-electron chi connectivity index (χ0n) is 15.6. The molecule has 0 bridgehead atoms. The molecular weight excluding hydrogens is 363 g/mol. The Labute approximate surface area is 161 Å². The fourth-order valence-electron chi connectivity index (χ4n) is 3.99. The molecule has 7 nitrogen and oxygen atoms in total. The van der Waals surface area contributed by atoms with E-state index in [9.17, 15) is 18.8 Å². The van der Waals surface area contributed by atoms with Crippen molar-refractivity contribution in [1.29, 1.82) is 0 Å². The van der Waals surface area contributed by atoms with Gasteiger partial charge in [0.25, 0.3) is 11.5 Å². The van der Waals surface area contributed by atoms with Gasteiger partial charge in [-0.15, -0.1) is 0 Å². The van der Waals surface area contributed by atoms with Gasteiger partial charge in [0.15, 0.2) is 0 Å².